The summed E-state index contributed by atoms with van der Waals surface area (Å²) in [5.74, 6) is 1.13. The third-order valence-corrected chi connectivity index (χ3v) is 7.47. The molecule has 1 aliphatic heterocycles. The number of aromatic nitrogens is 1. The number of ether oxygens (including phenoxy) is 1. The van der Waals surface area contributed by atoms with Crippen molar-refractivity contribution in [1.29, 1.82) is 0 Å². The molecule has 2 heterocycles. The molecule has 1 saturated heterocycles. The Balaban J connectivity index is 1.34. The molecule has 0 radical (unpaired) electrons. The monoisotopic (exact) mass is 482 g/mol. The van der Waals surface area contributed by atoms with E-state index >= 15 is 0 Å². The number of amides is 2. The van der Waals surface area contributed by atoms with Crippen LogP contribution < -0.4 is 15.8 Å². The number of fused-ring (bicyclic) bond motifs is 1. The topological polar surface area (TPSA) is 97.5 Å². The van der Waals surface area contributed by atoms with Gasteiger partial charge in [-0.2, -0.15) is 0 Å². The number of likely N-dealkylation sites (tertiary alicyclic amines) is 1. The van der Waals surface area contributed by atoms with Crippen molar-refractivity contribution in [2.45, 2.75) is 12.5 Å². The lowest BCUT2D eigenvalue weighted by atomic mass is 10.1. The van der Waals surface area contributed by atoms with E-state index in [-0.39, 0.29) is 17.9 Å². The van der Waals surface area contributed by atoms with E-state index in [1.54, 1.807) is 43.5 Å². The summed E-state index contributed by atoms with van der Waals surface area (Å²) in [6, 6.07) is 14.2. The molecule has 1 aliphatic carbocycles. The number of hydrogen-bond donors (Lipinski definition) is 2. The molecule has 1 saturated carbocycles. The van der Waals surface area contributed by atoms with Crippen molar-refractivity contribution in [1.82, 2.24) is 15.2 Å². The summed E-state index contributed by atoms with van der Waals surface area (Å²) in [7, 11) is 1.56. The van der Waals surface area contributed by atoms with Gasteiger partial charge < -0.3 is 20.7 Å². The molecule has 2 aliphatic rings. The lowest BCUT2D eigenvalue weighted by Crippen LogP contribution is -2.45. The van der Waals surface area contributed by atoms with Crippen LogP contribution in [0.1, 0.15) is 27.3 Å². The van der Waals surface area contributed by atoms with Gasteiger partial charge in [-0.25, -0.2) is 4.98 Å². The van der Waals surface area contributed by atoms with Crippen molar-refractivity contribution >= 4 is 39.9 Å². The number of methoxy groups -OCH3 is 1. The predicted molar refractivity (Wildman–Crippen MR) is 129 cm³/mol. The molecule has 0 bridgehead atoms. The van der Waals surface area contributed by atoms with E-state index in [0.717, 1.165) is 12.0 Å². The van der Waals surface area contributed by atoms with Gasteiger partial charge in [-0.05, 0) is 54.2 Å². The van der Waals surface area contributed by atoms with Crippen molar-refractivity contribution < 1.29 is 14.3 Å². The van der Waals surface area contributed by atoms with Crippen LogP contribution in [0.4, 0.5) is 5.13 Å². The lowest BCUT2D eigenvalue weighted by molar-refractivity contribution is 0.0691. The van der Waals surface area contributed by atoms with E-state index in [9.17, 15) is 9.59 Å². The van der Waals surface area contributed by atoms with Gasteiger partial charge in [0.05, 0.1) is 18.0 Å². The summed E-state index contributed by atoms with van der Waals surface area (Å²) in [6.07, 6.45) is 1.07. The first kappa shape index (κ1) is 21.7. The van der Waals surface area contributed by atoms with Gasteiger partial charge in [0.25, 0.3) is 11.8 Å². The van der Waals surface area contributed by atoms with Gasteiger partial charge in [0.1, 0.15) is 11.4 Å². The van der Waals surface area contributed by atoms with E-state index in [1.165, 1.54) is 11.3 Å². The summed E-state index contributed by atoms with van der Waals surface area (Å²) in [5, 5.41) is 3.91. The van der Waals surface area contributed by atoms with Gasteiger partial charge in [0.15, 0.2) is 5.13 Å². The van der Waals surface area contributed by atoms with Crippen molar-refractivity contribution in [3.63, 3.8) is 0 Å². The van der Waals surface area contributed by atoms with E-state index < -0.39 is 0 Å². The molecule has 170 valence electrons. The molecule has 33 heavy (non-hydrogen) atoms. The zero-order valence-electron chi connectivity index (χ0n) is 18.0. The van der Waals surface area contributed by atoms with E-state index in [4.69, 9.17) is 22.1 Å². The quantitative estimate of drug-likeness (QED) is 0.554. The first-order chi connectivity index (χ1) is 15.9. The second-order valence-corrected chi connectivity index (χ2v) is 9.83. The van der Waals surface area contributed by atoms with Gasteiger partial charge >= 0.3 is 0 Å². The van der Waals surface area contributed by atoms with Crippen LogP contribution in [0.3, 0.4) is 0 Å². The van der Waals surface area contributed by atoms with Crippen LogP contribution in [0.2, 0.25) is 5.02 Å². The molecule has 2 aromatic carbocycles. The average molecular weight is 483 g/mol. The van der Waals surface area contributed by atoms with Gasteiger partial charge in [-0.1, -0.05) is 41.1 Å². The fourth-order valence-electron chi connectivity index (χ4n) is 4.57. The van der Waals surface area contributed by atoms with Crippen molar-refractivity contribution in [3.05, 3.63) is 64.8 Å². The molecule has 0 unspecified atom stereocenters. The number of carbonyl (C=O) groups excluding carboxylic acids is 2. The second-order valence-electron chi connectivity index (χ2n) is 8.37. The molecular weight excluding hydrogens is 460 g/mol. The number of nitrogens with one attached hydrogen (secondary N) is 1. The normalized spacial score (nSPS) is 20.9. The molecular formula is C24H23ClN4O3S. The Kier molecular flexibility index (Phi) is 5.72. The van der Waals surface area contributed by atoms with Crippen LogP contribution in [0.5, 0.6) is 5.75 Å². The van der Waals surface area contributed by atoms with E-state index in [2.05, 4.69) is 10.3 Å². The number of thiazole rings is 1. The predicted octanol–water partition coefficient (Wildman–Crippen LogP) is 3.94. The van der Waals surface area contributed by atoms with Crippen LogP contribution in [0, 0.1) is 11.8 Å². The number of piperidine rings is 1. The average Bonchev–Trinajstić information content (AvgIpc) is 3.33. The van der Waals surface area contributed by atoms with E-state index in [0.29, 0.717) is 57.0 Å². The van der Waals surface area contributed by atoms with Crippen molar-refractivity contribution in [2.75, 3.05) is 25.9 Å². The summed E-state index contributed by atoms with van der Waals surface area (Å²) in [5.41, 5.74) is 7.66. The highest BCUT2D eigenvalue weighted by Gasteiger charge is 2.54. The Labute approximate surface area is 200 Å². The molecule has 0 spiro atoms. The molecule has 3 aromatic rings. The number of nitrogen functional groups attached to an aromatic ring is 1. The number of benzene rings is 2. The third kappa shape index (κ3) is 4.28. The van der Waals surface area contributed by atoms with Crippen molar-refractivity contribution in [3.8, 4) is 16.2 Å². The van der Waals surface area contributed by atoms with Gasteiger partial charge in [-0.3, -0.25) is 9.59 Å². The van der Waals surface area contributed by atoms with Crippen molar-refractivity contribution in [2.24, 2.45) is 11.8 Å². The molecule has 7 nitrogen and oxygen atoms in total. The van der Waals surface area contributed by atoms with Gasteiger partial charge in [-0.15, -0.1) is 0 Å². The van der Waals surface area contributed by atoms with Gasteiger partial charge in [0.2, 0.25) is 0 Å². The van der Waals surface area contributed by atoms with Crippen LogP contribution in [0.25, 0.3) is 10.4 Å². The first-order valence-corrected chi connectivity index (χ1v) is 11.9. The highest BCUT2D eigenvalue weighted by Crippen LogP contribution is 2.50. The highest BCUT2D eigenvalue weighted by atomic mass is 35.5. The third-order valence-electron chi connectivity index (χ3n) is 6.30. The molecule has 9 heteroatoms. The minimum atomic E-state index is -0.192. The molecule has 2 fully saturated rings. The smallest absolute Gasteiger partial charge is 0.274 e. The maximum Gasteiger partial charge on any atom is 0.274 e. The maximum atomic E-state index is 13.6. The number of halogens is 1. The maximum absolute atomic E-state index is 13.6. The van der Waals surface area contributed by atoms with Crippen LogP contribution in [-0.2, 0) is 0 Å². The summed E-state index contributed by atoms with van der Waals surface area (Å²) in [4.78, 5) is 33.2. The number of rotatable bonds is 6. The summed E-state index contributed by atoms with van der Waals surface area (Å²) >= 11 is 7.43. The molecule has 3 atom stereocenters. The number of hydrogen-bond acceptors (Lipinski definition) is 6. The number of anilines is 1. The molecule has 1 aromatic heterocycles. The lowest BCUT2D eigenvalue weighted by Gasteiger charge is -2.27. The minimum Gasteiger partial charge on any atom is -0.497 e. The van der Waals surface area contributed by atoms with E-state index in [1.807, 2.05) is 17.0 Å². The number of carbonyl (C=O) groups is 2. The standard InChI is InChI=1S/C24H23ClN4O3S/c1-32-17-7-3-5-14(9-17)22(30)27-11-19-18-10-15(18)12-29(19)23(31)20-21(33-24(26)28-20)13-4-2-6-16(25)8-13/h2-9,15,18-19H,10-12H2,1H3,(H2,26,28)(H,27,30)/t15-,18-,19-/m1/s1. The SMILES string of the molecule is COc1cccc(C(=O)NC[C@@H]2[C@@H]3C[C@@H]3CN2C(=O)c2nc(N)sc2-c2cccc(Cl)c2)c1. The Morgan fingerprint density at radius 1 is 1.27 bits per heavy atom. The largest absolute Gasteiger partial charge is 0.497 e. The fourth-order valence-corrected chi connectivity index (χ4v) is 5.58. The van der Waals surface area contributed by atoms with Crippen LogP contribution in [0.15, 0.2) is 48.5 Å². The number of nitrogens with zero attached hydrogens (tertiary/aromatic N) is 2. The zero-order chi connectivity index (χ0) is 23.1. The zero-order valence-corrected chi connectivity index (χ0v) is 19.5. The first-order valence-electron chi connectivity index (χ1n) is 10.7. The minimum absolute atomic E-state index is 0.0767. The van der Waals surface area contributed by atoms with Crippen LogP contribution >= 0.6 is 22.9 Å². The Morgan fingerprint density at radius 3 is 2.88 bits per heavy atom. The second kappa shape index (κ2) is 8.68. The molecule has 2 amide bonds. The number of nitrogens with two attached hydrogens (primary N) is 1. The molecule has 3 N–H and O–H groups in total. The fraction of sp³-hybridized carbons (Fsp3) is 0.292. The summed E-state index contributed by atoms with van der Waals surface area (Å²) < 4.78 is 5.20. The summed E-state index contributed by atoms with van der Waals surface area (Å²) in [6.45, 7) is 1.05. The Hall–Kier alpha value is -3.10. The van der Waals surface area contributed by atoms with Crippen LogP contribution in [-0.4, -0.2) is 47.9 Å². The highest BCUT2D eigenvalue weighted by molar-refractivity contribution is 7.19. The van der Waals surface area contributed by atoms with Gasteiger partial charge in [0, 0.05) is 23.7 Å². The molecule has 5 rings (SSSR count). The Morgan fingerprint density at radius 2 is 2.09 bits per heavy atom. The Bertz CT molecular complexity index is 1230.